The van der Waals surface area contributed by atoms with Crippen molar-refractivity contribution in [2.45, 2.75) is 43.5 Å². The molecule has 1 aliphatic heterocycles. The third-order valence-corrected chi connectivity index (χ3v) is 6.79. The monoisotopic (exact) mass is 414 g/mol. The van der Waals surface area contributed by atoms with E-state index in [4.69, 9.17) is 9.72 Å². The molecule has 0 spiro atoms. The summed E-state index contributed by atoms with van der Waals surface area (Å²) >= 11 is 3.03. The zero-order chi connectivity index (χ0) is 19.3. The number of hydrogen-bond acceptors (Lipinski definition) is 6. The SMILES string of the molecule is O=C(CCCSc1nc2ccccc2c(=O)n1C[C@@H]1CCCO1)c1cccs1. The molecule has 7 heteroatoms. The van der Waals surface area contributed by atoms with Crippen LogP contribution in [0.3, 0.4) is 0 Å². The summed E-state index contributed by atoms with van der Waals surface area (Å²) in [6.07, 6.45) is 3.34. The van der Waals surface area contributed by atoms with Crippen LogP contribution in [0.2, 0.25) is 0 Å². The highest BCUT2D eigenvalue weighted by atomic mass is 32.2. The van der Waals surface area contributed by atoms with Crippen LogP contribution in [0, 0.1) is 0 Å². The molecule has 0 bridgehead atoms. The van der Waals surface area contributed by atoms with Gasteiger partial charge in [-0.05, 0) is 42.8 Å². The van der Waals surface area contributed by atoms with Crippen LogP contribution in [-0.4, -0.2) is 33.8 Å². The molecule has 5 nitrogen and oxygen atoms in total. The largest absolute Gasteiger partial charge is 0.376 e. The molecule has 2 aromatic heterocycles. The molecule has 3 aromatic rings. The molecule has 146 valence electrons. The van der Waals surface area contributed by atoms with Gasteiger partial charge in [-0.25, -0.2) is 4.98 Å². The fraction of sp³-hybridized carbons (Fsp3) is 0.381. The van der Waals surface area contributed by atoms with E-state index in [1.807, 2.05) is 41.8 Å². The second kappa shape index (κ2) is 9.03. The minimum Gasteiger partial charge on any atom is -0.376 e. The van der Waals surface area contributed by atoms with E-state index in [0.717, 1.165) is 36.5 Å². The first-order valence-corrected chi connectivity index (χ1v) is 11.4. The molecule has 0 amide bonds. The fourth-order valence-electron chi connectivity index (χ4n) is 3.37. The van der Waals surface area contributed by atoms with Gasteiger partial charge in [-0.3, -0.25) is 14.2 Å². The maximum absolute atomic E-state index is 13.0. The third-order valence-electron chi connectivity index (χ3n) is 4.81. The van der Waals surface area contributed by atoms with Gasteiger partial charge in [0.15, 0.2) is 10.9 Å². The summed E-state index contributed by atoms with van der Waals surface area (Å²) in [5.41, 5.74) is 0.700. The van der Waals surface area contributed by atoms with Crippen LogP contribution in [0.25, 0.3) is 10.9 Å². The van der Waals surface area contributed by atoms with Crippen LogP contribution in [-0.2, 0) is 11.3 Å². The highest BCUT2D eigenvalue weighted by molar-refractivity contribution is 7.99. The van der Waals surface area contributed by atoms with Gasteiger partial charge in [0.25, 0.3) is 5.56 Å². The van der Waals surface area contributed by atoms with Gasteiger partial charge in [-0.15, -0.1) is 11.3 Å². The molecule has 1 saturated heterocycles. The number of Topliss-reactive ketones (excluding diaryl/α,β-unsaturated/α-hetero) is 1. The molecule has 1 fully saturated rings. The average molecular weight is 415 g/mol. The van der Waals surface area contributed by atoms with E-state index in [0.29, 0.717) is 29.0 Å². The van der Waals surface area contributed by atoms with Crippen molar-refractivity contribution >= 4 is 39.8 Å². The summed E-state index contributed by atoms with van der Waals surface area (Å²) < 4.78 is 7.49. The maximum atomic E-state index is 13.0. The minimum atomic E-state index is -0.0155. The smallest absolute Gasteiger partial charge is 0.262 e. The quantitative estimate of drug-likeness (QED) is 0.237. The lowest BCUT2D eigenvalue weighted by Crippen LogP contribution is -2.28. The van der Waals surface area contributed by atoms with Crippen molar-refractivity contribution in [2.75, 3.05) is 12.4 Å². The number of benzene rings is 1. The van der Waals surface area contributed by atoms with E-state index in [9.17, 15) is 9.59 Å². The molecule has 3 heterocycles. The molecule has 0 saturated carbocycles. The number of thiophene rings is 1. The van der Waals surface area contributed by atoms with Gasteiger partial charge < -0.3 is 4.74 Å². The number of ether oxygens (including phenoxy) is 1. The Kier molecular flexibility index (Phi) is 6.24. The molecule has 1 aromatic carbocycles. The second-order valence-corrected chi connectivity index (χ2v) is 8.82. The van der Waals surface area contributed by atoms with Crippen molar-refractivity contribution in [3.63, 3.8) is 0 Å². The van der Waals surface area contributed by atoms with Crippen LogP contribution in [0.4, 0.5) is 0 Å². The number of para-hydroxylation sites is 1. The Bertz CT molecular complexity index is 1010. The fourth-order valence-corrected chi connectivity index (χ4v) is 5.01. The Morgan fingerprint density at radius 2 is 2.18 bits per heavy atom. The first kappa shape index (κ1) is 19.4. The number of rotatable bonds is 8. The molecular weight excluding hydrogens is 392 g/mol. The van der Waals surface area contributed by atoms with E-state index in [1.165, 1.54) is 11.3 Å². The van der Waals surface area contributed by atoms with E-state index in [-0.39, 0.29) is 17.4 Å². The van der Waals surface area contributed by atoms with Crippen LogP contribution < -0.4 is 5.56 Å². The normalized spacial score (nSPS) is 16.6. The van der Waals surface area contributed by atoms with Gasteiger partial charge in [-0.1, -0.05) is 30.0 Å². The Morgan fingerprint density at radius 1 is 1.29 bits per heavy atom. The lowest BCUT2D eigenvalue weighted by atomic mass is 10.2. The van der Waals surface area contributed by atoms with Crippen molar-refractivity contribution in [1.29, 1.82) is 0 Å². The van der Waals surface area contributed by atoms with Crippen LogP contribution in [0.1, 0.15) is 35.4 Å². The molecule has 28 heavy (non-hydrogen) atoms. The molecular formula is C21H22N2O3S2. The van der Waals surface area contributed by atoms with Gasteiger partial charge in [-0.2, -0.15) is 0 Å². The van der Waals surface area contributed by atoms with Gasteiger partial charge in [0.05, 0.1) is 28.4 Å². The minimum absolute atomic E-state index is 0.0155. The molecule has 0 aliphatic carbocycles. The number of fused-ring (bicyclic) bond motifs is 1. The standard InChI is InChI=1S/C21H22N2O3S2/c24-18(19-10-5-12-27-19)9-4-13-28-21-22-17-8-2-1-7-16(17)20(25)23(21)14-15-6-3-11-26-15/h1-2,5,7-8,10,12,15H,3-4,6,9,11,13-14H2/t15-/m0/s1. The van der Waals surface area contributed by atoms with Crippen molar-refractivity contribution in [3.8, 4) is 0 Å². The van der Waals surface area contributed by atoms with Gasteiger partial charge in [0.1, 0.15) is 0 Å². The highest BCUT2D eigenvalue weighted by Crippen LogP contribution is 2.22. The highest BCUT2D eigenvalue weighted by Gasteiger charge is 2.20. The van der Waals surface area contributed by atoms with E-state index in [1.54, 1.807) is 16.3 Å². The summed E-state index contributed by atoms with van der Waals surface area (Å²) in [5.74, 6) is 0.923. The van der Waals surface area contributed by atoms with Gasteiger partial charge in [0, 0.05) is 18.8 Å². The summed E-state index contributed by atoms with van der Waals surface area (Å²) in [6, 6.07) is 11.2. The van der Waals surface area contributed by atoms with Crippen LogP contribution in [0.15, 0.2) is 51.7 Å². The van der Waals surface area contributed by atoms with Crippen LogP contribution >= 0.6 is 23.1 Å². The van der Waals surface area contributed by atoms with Crippen molar-refractivity contribution < 1.29 is 9.53 Å². The van der Waals surface area contributed by atoms with E-state index >= 15 is 0 Å². The lowest BCUT2D eigenvalue weighted by Gasteiger charge is -2.16. The lowest BCUT2D eigenvalue weighted by molar-refractivity contribution is 0.0937. The number of aromatic nitrogens is 2. The Balaban J connectivity index is 1.49. The van der Waals surface area contributed by atoms with Crippen molar-refractivity contribution in [3.05, 3.63) is 57.0 Å². The topological polar surface area (TPSA) is 61.2 Å². The predicted octanol–water partition coefficient (Wildman–Crippen LogP) is 4.39. The number of hydrogen-bond donors (Lipinski definition) is 0. The third kappa shape index (κ3) is 4.37. The van der Waals surface area contributed by atoms with E-state index < -0.39 is 0 Å². The Hall–Kier alpha value is -1.96. The number of carbonyl (C=O) groups excluding carboxylic acids is 1. The summed E-state index contributed by atoms with van der Waals surface area (Å²) in [6.45, 7) is 1.29. The number of thioether (sulfide) groups is 1. The second-order valence-electron chi connectivity index (χ2n) is 6.81. The molecule has 0 unspecified atom stereocenters. The van der Waals surface area contributed by atoms with Gasteiger partial charge >= 0.3 is 0 Å². The van der Waals surface area contributed by atoms with Gasteiger partial charge in [0.2, 0.25) is 0 Å². The van der Waals surface area contributed by atoms with Crippen molar-refractivity contribution in [2.24, 2.45) is 0 Å². The first-order chi connectivity index (χ1) is 13.7. The Morgan fingerprint density at radius 3 is 2.96 bits per heavy atom. The Labute approximate surface area is 171 Å². The number of ketones is 1. The average Bonchev–Trinajstić information content (AvgIpc) is 3.42. The zero-order valence-corrected chi connectivity index (χ0v) is 17.1. The summed E-state index contributed by atoms with van der Waals surface area (Å²) in [7, 11) is 0. The summed E-state index contributed by atoms with van der Waals surface area (Å²) in [5, 5.41) is 3.27. The first-order valence-electron chi connectivity index (χ1n) is 9.53. The molecule has 0 radical (unpaired) electrons. The predicted molar refractivity (Wildman–Crippen MR) is 114 cm³/mol. The zero-order valence-electron chi connectivity index (χ0n) is 15.5. The molecule has 0 N–H and O–H groups in total. The molecule has 4 rings (SSSR count). The molecule has 1 aliphatic rings. The summed E-state index contributed by atoms with van der Waals surface area (Å²) in [4.78, 5) is 30.7. The van der Waals surface area contributed by atoms with Crippen LogP contribution in [0.5, 0.6) is 0 Å². The number of nitrogens with zero attached hydrogens (tertiary/aromatic N) is 2. The number of carbonyl (C=O) groups is 1. The maximum Gasteiger partial charge on any atom is 0.262 e. The molecule has 1 atom stereocenters. The van der Waals surface area contributed by atoms with E-state index in [2.05, 4.69) is 0 Å². The van der Waals surface area contributed by atoms with Crippen molar-refractivity contribution in [1.82, 2.24) is 9.55 Å².